The topological polar surface area (TPSA) is 75.3 Å². The number of aromatic nitrogens is 2. The van der Waals surface area contributed by atoms with Crippen molar-refractivity contribution in [2.45, 2.75) is 20.3 Å². The molecule has 3 rings (SSSR count). The Morgan fingerprint density at radius 1 is 1.24 bits per heavy atom. The van der Waals surface area contributed by atoms with Crippen LogP contribution in [0.3, 0.4) is 0 Å². The van der Waals surface area contributed by atoms with Gasteiger partial charge in [0.2, 0.25) is 0 Å². The van der Waals surface area contributed by atoms with Crippen molar-refractivity contribution in [2.24, 2.45) is 0 Å². The van der Waals surface area contributed by atoms with Crippen molar-refractivity contribution in [3.8, 4) is 0 Å². The third kappa shape index (κ3) is 2.23. The summed E-state index contributed by atoms with van der Waals surface area (Å²) < 4.78 is 0. The van der Waals surface area contributed by atoms with Crippen LogP contribution in [-0.4, -0.2) is 33.7 Å². The molecule has 0 unspecified atom stereocenters. The Kier molecular flexibility index (Phi) is 3.31. The predicted octanol–water partition coefficient (Wildman–Crippen LogP) is 1.80. The number of hydrogen-bond donors (Lipinski definition) is 1. The summed E-state index contributed by atoms with van der Waals surface area (Å²) in [5, 5.41) is 7.39. The number of rotatable bonds is 4. The van der Waals surface area contributed by atoms with Gasteiger partial charge in [0.1, 0.15) is 0 Å². The highest BCUT2D eigenvalue weighted by molar-refractivity contribution is 6.21. The number of hydrogen-bond acceptors (Lipinski definition) is 4. The van der Waals surface area contributed by atoms with Gasteiger partial charge in [-0.25, -0.2) is 0 Å². The molecule has 1 aromatic heterocycles. The minimum Gasteiger partial charge on any atom is -0.285 e. The fourth-order valence-corrected chi connectivity index (χ4v) is 2.36. The number of nitrogens with one attached hydrogen (secondary N) is 1. The molecule has 0 bridgehead atoms. The quantitative estimate of drug-likeness (QED) is 0.869. The number of H-pyrrole nitrogens is 1. The number of carbonyl (C=O) groups is 2. The molecule has 6 heteroatoms. The van der Waals surface area contributed by atoms with E-state index in [-0.39, 0.29) is 12.5 Å². The smallest absolute Gasteiger partial charge is 0.285 e. The number of fused-ring (bicyclic) bond motifs is 1. The maximum absolute atomic E-state index is 12.3. The number of aromatic amines is 1. The summed E-state index contributed by atoms with van der Waals surface area (Å²) in [6.45, 7) is 3.99. The Hall–Kier alpha value is -2.47. The van der Waals surface area contributed by atoms with Crippen LogP contribution in [0, 0.1) is 13.8 Å². The van der Waals surface area contributed by atoms with E-state index in [0.717, 1.165) is 21.8 Å². The molecule has 0 fully saturated rings. The maximum atomic E-state index is 12.3. The average molecular weight is 285 g/mol. The molecule has 0 atom stereocenters. The number of carbonyl (C=O) groups excluding carboxylic acids is 2. The molecule has 2 aromatic rings. The summed E-state index contributed by atoms with van der Waals surface area (Å²) in [6.07, 6.45) is 4.00. The van der Waals surface area contributed by atoms with Crippen LogP contribution >= 0.6 is 0 Å². The SMILES string of the molecule is Cc1ccc2c(c1C)C(=O)N(OCCc1cn[nH]c1)C2=O. The van der Waals surface area contributed by atoms with Gasteiger partial charge < -0.3 is 0 Å². The zero-order valence-electron chi connectivity index (χ0n) is 11.8. The predicted molar refractivity (Wildman–Crippen MR) is 74.7 cm³/mol. The van der Waals surface area contributed by atoms with Crippen molar-refractivity contribution in [1.82, 2.24) is 15.3 Å². The summed E-state index contributed by atoms with van der Waals surface area (Å²) in [5.41, 5.74) is 3.62. The van der Waals surface area contributed by atoms with Crippen molar-refractivity contribution in [2.75, 3.05) is 6.61 Å². The van der Waals surface area contributed by atoms with Crippen LogP contribution in [0.1, 0.15) is 37.4 Å². The number of hydroxylamine groups is 2. The van der Waals surface area contributed by atoms with Crippen LogP contribution in [0.4, 0.5) is 0 Å². The fraction of sp³-hybridized carbons (Fsp3) is 0.267. The van der Waals surface area contributed by atoms with Gasteiger partial charge in [-0.05, 0) is 36.6 Å². The lowest BCUT2D eigenvalue weighted by molar-refractivity contribution is -0.0902. The number of amides is 2. The minimum absolute atomic E-state index is 0.239. The highest BCUT2D eigenvalue weighted by atomic mass is 16.7. The van der Waals surface area contributed by atoms with E-state index < -0.39 is 5.91 Å². The van der Waals surface area contributed by atoms with E-state index in [2.05, 4.69) is 10.2 Å². The van der Waals surface area contributed by atoms with Gasteiger partial charge >= 0.3 is 0 Å². The molecule has 0 spiro atoms. The van der Waals surface area contributed by atoms with Crippen molar-refractivity contribution in [3.63, 3.8) is 0 Å². The lowest BCUT2D eigenvalue weighted by Crippen LogP contribution is -2.30. The van der Waals surface area contributed by atoms with E-state index in [9.17, 15) is 9.59 Å². The van der Waals surface area contributed by atoms with Crippen molar-refractivity contribution in [1.29, 1.82) is 0 Å². The second-order valence-corrected chi connectivity index (χ2v) is 5.02. The summed E-state index contributed by atoms with van der Waals surface area (Å²) in [5.74, 6) is -0.784. The molecule has 0 saturated carbocycles. The van der Waals surface area contributed by atoms with E-state index in [0.29, 0.717) is 17.5 Å². The molecule has 0 saturated heterocycles. The van der Waals surface area contributed by atoms with Gasteiger partial charge in [-0.3, -0.25) is 19.5 Å². The largest absolute Gasteiger partial charge is 0.286 e. The van der Waals surface area contributed by atoms with Crippen molar-refractivity contribution in [3.05, 3.63) is 52.3 Å². The fourth-order valence-electron chi connectivity index (χ4n) is 2.36. The molecule has 1 aliphatic rings. The summed E-state index contributed by atoms with van der Waals surface area (Å²) in [7, 11) is 0. The molecule has 2 heterocycles. The molecule has 1 aromatic carbocycles. The third-order valence-electron chi connectivity index (χ3n) is 3.72. The third-order valence-corrected chi connectivity index (χ3v) is 3.72. The van der Waals surface area contributed by atoms with E-state index in [4.69, 9.17) is 4.84 Å². The van der Waals surface area contributed by atoms with Crippen LogP contribution < -0.4 is 0 Å². The number of benzene rings is 1. The molecule has 2 amide bonds. The van der Waals surface area contributed by atoms with Gasteiger partial charge in [-0.15, -0.1) is 5.06 Å². The molecule has 1 N–H and O–H groups in total. The summed E-state index contributed by atoms with van der Waals surface area (Å²) >= 11 is 0. The van der Waals surface area contributed by atoms with Crippen molar-refractivity contribution >= 4 is 11.8 Å². The first-order chi connectivity index (χ1) is 10.1. The van der Waals surface area contributed by atoms with Crippen LogP contribution in [0.2, 0.25) is 0 Å². The Morgan fingerprint density at radius 3 is 2.76 bits per heavy atom. The van der Waals surface area contributed by atoms with Crippen LogP contribution in [0.5, 0.6) is 0 Å². The van der Waals surface area contributed by atoms with Crippen LogP contribution in [0.15, 0.2) is 24.5 Å². The molecule has 108 valence electrons. The summed E-state index contributed by atoms with van der Waals surface area (Å²) in [4.78, 5) is 29.9. The van der Waals surface area contributed by atoms with Gasteiger partial charge in [-0.2, -0.15) is 5.10 Å². The maximum Gasteiger partial charge on any atom is 0.286 e. The lowest BCUT2D eigenvalue weighted by atomic mass is 9.99. The van der Waals surface area contributed by atoms with Crippen LogP contribution in [-0.2, 0) is 11.3 Å². The monoisotopic (exact) mass is 285 g/mol. The standard InChI is InChI=1S/C15H15N3O3/c1-9-3-4-12-13(10(9)2)15(20)18(14(12)19)21-6-5-11-7-16-17-8-11/h3-4,7-8H,5-6H2,1-2H3,(H,16,17). The zero-order chi connectivity index (χ0) is 15.0. The first-order valence-corrected chi connectivity index (χ1v) is 6.69. The highest BCUT2D eigenvalue weighted by Gasteiger charge is 2.38. The molecule has 0 radical (unpaired) electrons. The lowest BCUT2D eigenvalue weighted by Gasteiger charge is -2.12. The van der Waals surface area contributed by atoms with Gasteiger partial charge in [0.05, 0.1) is 23.9 Å². The van der Waals surface area contributed by atoms with E-state index in [1.807, 2.05) is 19.9 Å². The second-order valence-electron chi connectivity index (χ2n) is 5.02. The number of aryl methyl sites for hydroxylation is 1. The number of imide groups is 1. The van der Waals surface area contributed by atoms with E-state index >= 15 is 0 Å². The minimum atomic E-state index is -0.398. The van der Waals surface area contributed by atoms with E-state index in [1.54, 1.807) is 18.5 Å². The van der Waals surface area contributed by atoms with Gasteiger partial charge in [0.15, 0.2) is 0 Å². The second kappa shape index (κ2) is 5.14. The molecule has 0 aliphatic carbocycles. The zero-order valence-corrected chi connectivity index (χ0v) is 11.8. The molecule has 1 aliphatic heterocycles. The molecular formula is C15H15N3O3. The van der Waals surface area contributed by atoms with Gasteiger partial charge in [0.25, 0.3) is 11.8 Å². The Morgan fingerprint density at radius 2 is 2.05 bits per heavy atom. The first kappa shape index (κ1) is 13.5. The normalized spacial score (nSPS) is 13.9. The van der Waals surface area contributed by atoms with Crippen LogP contribution in [0.25, 0.3) is 0 Å². The first-order valence-electron chi connectivity index (χ1n) is 6.69. The van der Waals surface area contributed by atoms with Gasteiger partial charge in [0, 0.05) is 12.6 Å². The average Bonchev–Trinajstić information content (AvgIpc) is 3.05. The van der Waals surface area contributed by atoms with Crippen molar-refractivity contribution < 1.29 is 14.4 Å². The molecule has 21 heavy (non-hydrogen) atoms. The Labute approximate surface area is 121 Å². The highest BCUT2D eigenvalue weighted by Crippen LogP contribution is 2.27. The molecular weight excluding hydrogens is 270 g/mol. The molecule has 6 nitrogen and oxygen atoms in total. The van der Waals surface area contributed by atoms with E-state index in [1.165, 1.54) is 0 Å². The van der Waals surface area contributed by atoms with Gasteiger partial charge in [-0.1, -0.05) is 6.07 Å². The summed E-state index contributed by atoms with van der Waals surface area (Å²) in [6, 6.07) is 3.52. The Balaban J connectivity index is 1.75. The Bertz CT molecular complexity index is 707. The number of nitrogens with zero attached hydrogens (tertiary/aromatic N) is 2.